The molecule has 4 rings (SSSR count). The molecule has 0 atom stereocenters. The molecule has 7 heteroatoms. The van der Waals surface area contributed by atoms with Crippen molar-refractivity contribution in [1.29, 1.82) is 0 Å². The topological polar surface area (TPSA) is 55.6 Å². The number of fused-ring (bicyclic) bond motifs is 1. The molecule has 0 amide bonds. The van der Waals surface area contributed by atoms with Crippen molar-refractivity contribution in [3.05, 3.63) is 85.8 Å². The maximum Gasteiger partial charge on any atom is 0.328 e. The van der Waals surface area contributed by atoms with E-state index < -0.39 is 0 Å². The number of aromatic amines is 1. The fourth-order valence-electron chi connectivity index (χ4n) is 3.45. The summed E-state index contributed by atoms with van der Waals surface area (Å²) >= 11 is 12.3. The molecule has 0 radical (unpaired) electrons. The van der Waals surface area contributed by atoms with Gasteiger partial charge in [0, 0.05) is 34.9 Å². The summed E-state index contributed by atoms with van der Waals surface area (Å²) in [4.78, 5) is 20.8. The van der Waals surface area contributed by atoms with Crippen LogP contribution < -0.4 is 5.69 Å². The molecule has 0 saturated carbocycles. The Labute approximate surface area is 172 Å². The minimum absolute atomic E-state index is 0.0563. The van der Waals surface area contributed by atoms with Gasteiger partial charge in [0.25, 0.3) is 0 Å². The van der Waals surface area contributed by atoms with E-state index in [1.165, 1.54) is 5.56 Å². The average molecular weight is 415 g/mol. The van der Waals surface area contributed by atoms with E-state index in [1.807, 2.05) is 44.3 Å². The first-order valence-electron chi connectivity index (χ1n) is 9.12. The minimum atomic E-state index is -0.0563. The highest BCUT2D eigenvalue weighted by Crippen LogP contribution is 2.23. The summed E-state index contributed by atoms with van der Waals surface area (Å²) in [6.45, 7) is 4.98. The van der Waals surface area contributed by atoms with Crippen molar-refractivity contribution < 1.29 is 0 Å². The molecule has 2 heterocycles. The molecule has 0 aliphatic heterocycles. The molecule has 1 N–H and O–H groups in total. The summed E-state index contributed by atoms with van der Waals surface area (Å²) in [6.07, 6.45) is 2.45. The fraction of sp³-hybridized carbons (Fsp3) is 0.238. The monoisotopic (exact) mass is 414 g/mol. The van der Waals surface area contributed by atoms with Crippen molar-refractivity contribution in [2.45, 2.75) is 33.4 Å². The first-order chi connectivity index (χ1) is 13.4. The van der Waals surface area contributed by atoms with Gasteiger partial charge in [-0.2, -0.15) is 0 Å². The number of H-pyrrole nitrogens is 1. The normalized spacial score (nSPS) is 11.4. The van der Waals surface area contributed by atoms with Gasteiger partial charge in [-0.25, -0.2) is 9.78 Å². The molecule has 4 aromatic rings. The highest BCUT2D eigenvalue weighted by molar-refractivity contribution is 6.35. The van der Waals surface area contributed by atoms with Crippen molar-refractivity contribution in [3.8, 4) is 0 Å². The first kappa shape index (κ1) is 18.8. The van der Waals surface area contributed by atoms with Gasteiger partial charge in [0.1, 0.15) is 5.82 Å². The maximum absolute atomic E-state index is 12.9. The number of nitrogens with one attached hydrogen (secondary N) is 1. The van der Waals surface area contributed by atoms with E-state index in [-0.39, 0.29) is 5.69 Å². The van der Waals surface area contributed by atoms with Gasteiger partial charge < -0.3 is 4.98 Å². The van der Waals surface area contributed by atoms with Crippen LogP contribution >= 0.6 is 23.2 Å². The summed E-state index contributed by atoms with van der Waals surface area (Å²) in [6, 6.07) is 11.5. The lowest BCUT2D eigenvalue weighted by atomic mass is 10.1. The molecule has 2 aromatic heterocycles. The predicted octanol–water partition coefficient (Wildman–Crippen LogP) is 4.80. The Kier molecular flexibility index (Phi) is 5.04. The van der Waals surface area contributed by atoms with Crippen molar-refractivity contribution >= 4 is 34.2 Å². The van der Waals surface area contributed by atoms with E-state index in [1.54, 1.807) is 15.2 Å². The number of benzene rings is 2. The Morgan fingerprint density at radius 2 is 1.96 bits per heavy atom. The van der Waals surface area contributed by atoms with Crippen LogP contribution in [0, 0.1) is 6.92 Å². The molecule has 0 unspecified atom stereocenters. The molecule has 5 nitrogen and oxygen atoms in total. The van der Waals surface area contributed by atoms with Crippen LogP contribution in [0.3, 0.4) is 0 Å². The molecule has 0 aliphatic rings. The van der Waals surface area contributed by atoms with Crippen LogP contribution in [-0.2, 0) is 19.5 Å². The molecule has 144 valence electrons. The lowest BCUT2D eigenvalue weighted by Gasteiger charge is -2.06. The van der Waals surface area contributed by atoms with E-state index in [4.69, 9.17) is 23.2 Å². The average Bonchev–Trinajstić information content (AvgIpc) is 3.17. The van der Waals surface area contributed by atoms with Crippen LogP contribution in [0.1, 0.15) is 29.6 Å². The van der Waals surface area contributed by atoms with Crippen LogP contribution in [0.4, 0.5) is 0 Å². The third-order valence-electron chi connectivity index (χ3n) is 4.84. The second kappa shape index (κ2) is 7.49. The Morgan fingerprint density at radius 3 is 2.71 bits per heavy atom. The summed E-state index contributed by atoms with van der Waals surface area (Å²) in [5, 5.41) is 1.20. The third kappa shape index (κ3) is 3.60. The van der Waals surface area contributed by atoms with E-state index in [2.05, 4.69) is 16.0 Å². The fourth-order valence-corrected chi connectivity index (χ4v) is 3.92. The van der Waals surface area contributed by atoms with E-state index >= 15 is 0 Å². The third-order valence-corrected chi connectivity index (χ3v) is 5.42. The van der Waals surface area contributed by atoms with Crippen molar-refractivity contribution in [2.24, 2.45) is 0 Å². The minimum Gasteiger partial charge on any atom is -0.340 e. The summed E-state index contributed by atoms with van der Waals surface area (Å²) in [5.74, 6) is 0.757. The largest absolute Gasteiger partial charge is 0.340 e. The number of rotatable bonds is 5. The van der Waals surface area contributed by atoms with Crippen molar-refractivity contribution in [2.75, 3.05) is 0 Å². The lowest BCUT2D eigenvalue weighted by Crippen LogP contribution is -2.25. The van der Waals surface area contributed by atoms with Crippen LogP contribution in [0.25, 0.3) is 11.0 Å². The van der Waals surface area contributed by atoms with E-state index in [9.17, 15) is 4.79 Å². The van der Waals surface area contributed by atoms with E-state index in [0.29, 0.717) is 29.6 Å². The first-order valence-corrected chi connectivity index (χ1v) is 9.88. The number of nitrogens with zero attached hydrogens (tertiary/aromatic N) is 3. The van der Waals surface area contributed by atoms with E-state index in [0.717, 1.165) is 28.1 Å². The smallest absolute Gasteiger partial charge is 0.328 e. The zero-order valence-corrected chi connectivity index (χ0v) is 17.2. The highest BCUT2D eigenvalue weighted by atomic mass is 35.5. The Hall–Kier alpha value is -2.50. The lowest BCUT2D eigenvalue weighted by molar-refractivity contribution is 0.646. The van der Waals surface area contributed by atoms with Crippen LogP contribution in [0.15, 0.2) is 47.4 Å². The summed E-state index contributed by atoms with van der Waals surface area (Å²) in [5.41, 5.74) is 4.83. The number of hydrogen-bond donors (Lipinski definition) is 1. The number of aryl methyl sites for hydroxylation is 1. The molecule has 0 aliphatic carbocycles. The molecule has 0 fully saturated rings. The quantitative estimate of drug-likeness (QED) is 0.509. The molecule has 28 heavy (non-hydrogen) atoms. The van der Waals surface area contributed by atoms with Crippen LogP contribution in [-0.4, -0.2) is 19.1 Å². The zero-order chi connectivity index (χ0) is 19.8. The number of hydrogen-bond acceptors (Lipinski definition) is 2. The van der Waals surface area contributed by atoms with Crippen LogP contribution in [0.2, 0.25) is 10.0 Å². The molecule has 0 saturated heterocycles. The van der Waals surface area contributed by atoms with Gasteiger partial charge in [-0.3, -0.25) is 9.13 Å². The van der Waals surface area contributed by atoms with Gasteiger partial charge >= 0.3 is 5.69 Å². The number of halogens is 2. The maximum atomic E-state index is 12.9. The van der Waals surface area contributed by atoms with Gasteiger partial charge in [0.05, 0.1) is 17.6 Å². The van der Waals surface area contributed by atoms with Crippen molar-refractivity contribution in [3.63, 3.8) is 0 Å². The van der Waals surface area contributed by atoms with Crippen LogP contribution in [0.5, 0.6) is 0 Å². The number of imidazole rings is 2. The Bertz CT molecular complexity index is 1220. The summed E-state index contributed by atoms with van der Waals surface area (Å²) in [7, 11) is 0. The van der Waals surface area contributed by atoms with Gasteiger partial charge in [-0.05, 0) is 49.2 Å². The molecular formula is C21H20Cl2N4O. The second-order valence-corrected chi connectivity index (χ2v) is 7.74. The SMILES string of the molecule is CCn1c(Cc2ccc(Cl)cc2Cl)cn(Cc2nc3ccc(C)cc3[nH]2)c1=O. The number of aromatic nitrogens is 4. The summed E-state index contributed by atoms with van der Waals surface area (Å²) < 4.78 is 3.45. The standard InChI is InChI=1S/C21H20Cl2N4O/c1-3-27-16(9-14-5-6-15(22)10-17(14)23)11-26(21(27)28)12-20-24-18-7-4-13(2)8-19(18)25-20/h4-8,10-11H,3,9,12H2,1-2H3,(H,24,25). The van der Waals surface area contributed by atoms with Gasteiger partial charge in [-0.15, -0.1) is 0 Å². The molecule has 0 bridgehead atoms. The second-order valence-electron chi connectivity index (χ2n) is 6.89. The highest BCUT2D eigenvalue weighted by Gasteiger charge is 2.14. The van der Waals surface area contributed by atoms with Crippen molar-refractivity contribution in [1.82, 2.24) is 19.1 Å². The predicted molar refractivity (Wildman–Crippen MR) is 114 cm³/mol. The molecule has 2 aromatic carbocycles. The van der Waals surface area contributed by atoms with Gasteiger partial charge in [0.2, 0.25) is 0 Å². The molecular weight excluding hydrogens is 395 g/mol. The molecule has 0 spiro atoms. The Balaban J connectivity index is 1.67. The van der Waals surface area contributed by atoms with Gasteiger partial charge in [-0.1, -0.05) is 35.3 Å². The zero-order valence-electron chi connectivity index (χ0n) is 15.7. The Morgan fingerprint density at radius 1 is 1.14 bits per heavy atom. The van der Waals surface area contributed by atoms with Gasteiger partial charge in [0.15, 0.2) is 0 Å².